The second kappa shape index (κ2) is 5.22. The van der Waals surface area contributed by atoms with Crippen molar-refractivity contribution in [2.45, 2.75) is 51.6 Å². The van der Waals surface area contributed by atoms with Gasteiger partial charge in [0.15, 0.2) is 0 Å². The Morgan fingerprint density at radius 3 is 2.85 bits per heavy atom. The zero-order chi connectivity index (χ0) is 9.68. The molecule has 3 heteroatoms. The van der Waals surface area contributed by atoms with Crippen molar-refractivity contribution in [1.82, 2.24) is 10.6 Å². The van der Waals surface area contributed by atoms with Crippen molar-refractivity contribution in [2.24, 2.45) is 0 Å². The lowest BCUT2D eigenvalue weighted by Crippen LogP contribution is -2.39. The zero-order valence-electron chi connectivity index (χ0n) is 8.60. The van der Waals surface area contributed by atoms with E-state index >= 15 is 0 Å². The lowest BCUT2D eigenvalue weighted by atomic mass is 10.1. The highest BCUT2D eigenvalue weighted by Crippen LogP contribution is 2.06. The van der Waals surface area contributed by atoms with E-state index in [-0.39, 0.29) is 5.91 Å². The van der Waals surface area contributed by atoms with Gasteiger partial charge in [0.05, 0.1) is 0 Å². The fourth-order valence-electron chi connectivity index (χ4n) is 1.81. The summed E-state index contributed by atoms with van der Waals surface area (Å²) in [5.41, 5.74) is 0. The number of amides is 1. The topological polar surface area (TPSA) is 41.1 Å². The highest BCUT2D eigenvalue weighted by Gasteiger charge is 2.22. The van der Waals surface area contributed by atoms with Crippen LogP contribution >= 0.6 is 0 Å². The molecule has 3 nitrogen and oxygen atoms in total. The number of rotatable bonds is 5. The fraction of sp³-hybridized carbons (Fsp3) is 0.900. The minimum Gasteiger partial charge on any atom is -0.354 e. The highest BCUT2D eigenvalue weighted by molar-refractivity contribution is 5.78. The SMILES string of the molecule is CCCC(CC)NC1CNC(=O)C1. The van der Waals surface area contributed by atoms with E-state index in [1.165, 1.54) is 12.8 Å². The summed E-state index contributed by atoms with van der Waals surface area (Å²) in [5, 5.41) is 6.35. The molecule has 0 bridgehead atoms. The third kappa shape index (κ3) is 3.35. The number of carbonyl (C=O) groups excluding carboxylic acids is 1. The Morgan fingerprint density at radius 2 is 2.38 bits per heavy atom. The molecule has 1 aliphatic rings. The second-order valence-electron chi connectivity index (χ2n) is 3.77. The lowest BCUT2D eigenvalue weighted by Gasteiger charge is -2.19. The average Bonchev–Trinajstić information content (AvgIpc) is 2.50. The summed E-state index contributed by atoms with van der Waals surface area (Å²) in [5.74, 6) is 0.184. The van der Waals surface area contributed by atoms with Gasteiger partial charge in [-0.15, -0.1) is 0 Å². The quantitative estimate of drug-likeness (QED) is 0.670. The Bertz CT molecular complexity index is 170. The maximum Gasteiger partial charge on any atom is 0.221 e. The Labute approximate surface area is 80.3 Å². The van der Waals surface area contributed by atoms with Gasteiger partial charge in [-0.1, -0.05) is 20.3 Å². The van der Waals surface area contributed by atoms with E-state index in [9.17, 15) is 4.79 Å². The van der Waals surface area contributed by atoms with E-state index < -0.39 is 0 Å². The molecule has 0 aliphatic carbocycles. The van der Waals surface area contributed by atoms with Crippen LogP contribution in [0.25, 0.3) is 0 Å². The van der Waals surface area contributed by atoms with E-state index in [2.05, 4.69) is 24.5 Å². The van der Waals surface area contributed by atoms with Gasteiger partial charge in [-0.3, -0.25) is 4.79 Å². The van der Waals surface area contributed by atoms with Crippen LogP contribution in [0.15, 0.2) is 0 Å². The molecule has 1 aliphatic heterocycles. The normalized spacial score (nSPS) is 24.5. The molecule has 0 aromatic heterocycles. The molecule has 0 saturated carbocycles. The Balaban J connectivity index is 2.25. The standard InChI is InChI=1S/C10H20N2O/c1-3-5-8(4-2)12-9-6-10(13)11-7-9/h8-9,12H,3-7H2,1-2H3,(H,11,13). The summed E-state index contributed by atoms with van der Waals surface area (Å²) < 4.78 is 0. The smallest absolute Gasteiger partial charge is 0.221 e. The maximum atomic E-state index is 10.9. The molecule has 1 fully saturated rings. The molecule has 2 atom stereocenters. The molecule has 1 heterocycles. The van der Waals surface area contributed by atoms with Gasteiger partial charge in [-0.25, -0.2) is 0 Å². The van der Waals surface area contributed by atoms with Crippen LogP contribution in [0, 0.1) is 0 Å². The summed E-state index contributed by atoms with van der Waals surface area (Å²) in [6.07, 6.45) is 4.22. The van der Waals surface area contributed by atoms with Gasteiger partial charge in [0.2, 0.25) is 5.91 Å². The second-order valence-corrected chi connectivity index (χ2v) is 3.77. The molecule has 2 N–H and O–H groups in total. The molecule has 1 saturated heterocycles. The molecule has 2 unspecified atom stereocenters. The van der Waals surface area contributed by atoms with Crippen LogP contribution in [0.1, 0.15) is 39.5 Å². The van der Waals surface area contributed by atoms with Gasteiger partial charge >= 0.3 is 0 Å². The van der Waals surface area contributed by atoms with Crippen molar-refractivity contribution in [1.29, 1.82) is 0 Å². The molecule has 76 valence electrons. The first-order valence-electron chi connectivity index (χ1n) is 5.29. The largest absolute Gasteiger partial charge is 0.354 e. The minimum absolute atomic E-state index is 0.184. The first kappa shape index (κ1) is 10.5. The van der Waals surface area contributed by atoms with Crippen LogP contribution < -0.4 is 10.6 Å². The lowest BCUT2D eigenvalue weighted by molar-refractivity contribution is -0.119. The van der Waals surface area contributed by atoms with Crippen molar-refractivity contribution in [3.63, 3.8) is 0 Å². The van der Waals surface area contributed by atoms with Gasteiger partial charge in [0.25, 0.3) is 0 Å². The summed E-state index contributed by atoms with van der Waals surface area (Å²) >= 11 is 0. The van der Waals surface area contributed by atoms with Gasteiger partial charge in [-0.05, 0) is 12.8 Å². The van der Waals surface area contributed by atoms with E-state index in [0.717, 1.165) is 13.0 Å². The Morgan fingerprint density at radius 1 is 1.62 bits per heavy atom. The van der Waals surface area contributed by atoms with E-state index in [4.69, 9.17) is 0 Å². The molecular formula is C10H20N2O. The third-order valence-corrected chi connectivity index (χ3v) is 2.58. The average molecular weight is 184 g/mol. The van der Waals surface area contributed by atoms with Crippen LogP contribution in [0.5, 0.6) is 0 Å². The summed E-state index contributed by atoms with van der Waals surface area (Å²) in [4.78, 5) is 10.9. The van der Waals surface area contributed by atoms with Crippen molar-refractivity contribution < 1.29 is 4.79 Å². The van der Waals surface area contributed by atoms with Gasteiger partial charge in [-0.2, -0.15) is 0 Å². The van der Waals surface area contributed by atoms with Gasteiger partial charge < -0.3 is 10.6 Å². The van der Waals surface area contributed by atoms with Crippen LogP contribution in [0.2, 0.25) is 0 Å². The molecule has 0 radical (unpaired) electrons. The number of hydrogen-bond acceptors (Lipinski definition) is 2. The molecule has 1 rings (SSSR count). The predicted molar refractivity (Wildman–Crippen MR) is 53.5 cm³/mol. The third-order valence-electron chi connectivity index (χ3n) is 2.58. The van der Waals surface area contributed by atoms with Crippen LogP contribution in [0.4, 0.5) is 0 Å². The fourth-order valence-corrected chi connectivity index (χ4v) is 1.81. The maximum absolute atomic E-state index is 10.9. The summed E-state index contributed by atoms with van der Waals surface area (Å²) in [7, 11) is 0. The number of nitrogens with one attached hydrogen (secondary N) is 2. The van der Waals surface area contributed by atoms with Crippen LogP contribution in [-0.2, 0) is 4.79 Å². The highest BCUT2D eigenvalue weighted by atomic mass is 16.1. The van der Waals surface area contributed by atoms with E-state index in [1.807, 2.05) is 0 Å². The van der Waals surface area contributed by atoms with Crippen molar-refractivity contribution in [2.75, 3.05) is 6.54 Å². The Hall–Kier alpha value is -0.570. The molecule has 13 heavy (non-hydrogen) atoms. The minimum atomic E-state index is 0.184. The van der Waals surface area contributed by atoms with Crippen LogP contribution in [0.3, 0.4) is 0 Å². The summed E-state index contributed by atoms with van der Waals surface area (Å²) in [6.45, 7) is 5.19. The Kier molecular flexibility index (Phi) is 4.22. The molecule has 0 spiro atoms. The number of hydrogen-bond donors (Lipinski definition) is 2. The van der Waals surface area contributed by atoms with Crippen molar-refractivity contribution in [3.8, 4) is 0 Å². The summed E-state index contributed by atoms with van der Waals surface area (Å²) in [6, 6.07) is 0.951. The van der Waals surface area contributed by atoms with E-state index in [1.54, 1.807) is 0 Å². The monoisotopic (exact) mass is 184 g/mol. The molecule has 0 aromatic rings. The van der Waals surface area contributed by atoms with Crippen molar-refractivity contribution in [3.05, 3.63) is 0 Å². The first-order chi connectivity index (χ1) is 6.26. The predicted octanol–water partition coefficient (Wildman–Crippen LogP) is 1.04. The van der Waals surface area contributed by atoms with Gasteiger partial charge in [0.1, 0.15) is 0 Å². The molecule has 1 amide bonds. The molecular weight excluding hydrogens is 164 g/mol. The first-order valence-corrected chi connectivity index (χ1v) is 5.29. The van der Waals surface area contributed by atoms with Gasteiger partial charge in [0, 0.05) is 25.0 Å². The van der Waals surface area contributed by atoms with Crippen molar-refractivity contribution >= 4 is 5.91 Å². The number of carbonyl (C=O) groups is 1. The van der Waals surface area contributed by atoms with E-state index in [0.29, 0.717) is 18.5 Å². The zero-order valence-corrected chi connectivity index (χ0v) is 8.60. The van der Waals surface area contributed by atoms with Crippen LogP contribution in [-0.4, -0.2) is 24.5 Å². The molecule has 0 aromatic carbocycles.